The number of pyridine rings is 1. The minimum Gasteiger partial charge on any atom is -0.443 e. The van der Waals surface area contributed by atoms with Crippen molar-refractivity contribution in [2.24, 2.45) is 0 Å². The van der Waals surface area contributed by atoms with Gasteiger partial charge in [-0.15, -0.1) is 0 Å². The maximum Gasteiger partial charge on any atom is 0.419 e. The third kappa shape index (κ3) is 2.72. The molecule has 0 spiro atoms. The molecular formula is C13H14ClIN2O2. The van der Waals surface area contributed by atoms with Gasteiger partial charge in [0.15, 0.2) is 5.15 Å². The molecular weight excluding hydrogens is 379 g/mol. The molecule has 0 aliphatic rings. The van der Waals surface area contributed by atoms with E-state index in [1.165, 1.54) is 4.57 Å². The molecule has 4 nitrogen and oxygen atoms in total. The van der Waals surface area contributed by atoms with Crippen molar-refractivity contribution in [3.8, 4) is 0 Å². The molecule has 0 radical (unpaired) electrons. The highest BCUT2D eigenvalue weighted by molar-refractivity contribution is 14.1. The number of hydrogen-bond donors (Lipinski definition) is 0. The minimum absolute atomic E-state index is 0.300. The third-order valence-corrected chi connectivity index (χ3v) is 4.16. The Balaban J connectivity index is 2.67. The van der Waals surface area contributed by atoms with Gasteiger partial charge in [-0.3, -0.25) is 0 Å². The maximum absolute atomic E-state index is 12.3. The zero-order chi connectivity index (χ0) is 14.4. The van der Waals surface area contributed by atoms with Gasteiger partial charge in [0.2, 0.25) is 0 Å². The summed E-state index contributed by atoms with van der Waals surface area (Å²) in [4.78, 5) is 16.3. The number of halogens is 2. The summed E-state index contributed by atoms with van der Waals surface area (Å²) in [6, 6.07) is 1.85. The van der Waals surface area contributed by atoms with Crippen molar-refractivity contribution in [2.45, 2.75) is 33.3 Å². The van der Waals surface area contributed by atoms with Gasteiger partial charge in [-0.25, -0.2) is 14.3 Å². The molecule has 2 heterocycles. The van der Waals surface area contributed by atoms with Gasteiger partial charge < -0.3 is 4.74 Å². The SMILES string of the molecule is Cc1c(I)n(C(=O)OC(C)(C)C)c2c(Cl)nccc12. The lowest BCUT2D eigenvalue weighted by molar-refractivity contribution is 0.0540. The van der Waals surface area contributed by atoms with Crippen molar-refractivity contribution in [3.05, 3.63) is 26.7 Å². The molecule has 0 bridgehead atoms. The van der Waals surface area contributed by atoms with Gasteiger partial charge in [0.1, 0.15) is 5.60 Å². The van der Waals surface area contributed by atoms with E-state index in [0.717, 1.165) is 14.7 Å². The van der Waals surface area contributed by atoms with Gasteiger partial charge in [0.05, 0.1) is 9.22 Å². The van der Waals surface area contributed by atoms with Crippen LogP contribution in [0.25, 0.3) is 10.9 Å². The van der Waals surface area contributed by atoms with Crippen molar-refractivity contribution >= 4 is 51.2 Å². The number of rotatable bonds is 0. The van der Waals surface area contributed by atoms with Crippen LogP contribution in [0.5, 0.6) is 0 Å². The Morgan fingerprint density at radius 2 is 2.11 bits per heavy atom. The van der Waals surface area contributed by atoms with E-state index in [2.05, 4.69) is 27.6 Å². The van der Waals surface area contributed by atoms with E-state index in [9.17, 15) is 4.79 Å². The van der Waals surface area contributed by atoms with E-state index < -0.39 is 11.7 Å². The molecule has 2 rings (SSSR count). The summed E-state index contributed by atoms with van der Waals surface area (Å²) in [5.74, 6) is 0. The molecule has 0 aliphatic carbocycles. The van der Waals surface area contributed by atoms with E-state index in [0.29, 0.717) is 10.7 Å². The van der Waals surface area contributed by atoms with Crippen LogP contribution in [0.1, 0.15) is 26.3 Å². The number of nitrogens with zero attached hydrogens (tertiary/aromatic N) is 2. The van der Waals surface area contributed by atoms with E-state index in [4.69, 9.17) is 16.3 Å². The summed E-state index contributed by atoms with van der Waals surface area (Å²) in [7, 11) is 0. The topological polar surface area (TPSA) is 44.1 Å². The zero-order valence-corrected chi connectivity index (χ0v) is 14.0. The lowest BCUT2D eigenvalue weighted by Gasteiger charge is -2.20. The standard InChI is InChI=1S/C13H14ClIN2O2/c1-7-8-5-6-16-10(14)9(8)17(11(7)15)12(18)19-13(2,3)4/h5-6H,1-4H3. The number of aromatic nitrogens is 2. The summed E-state index contributed by atoms with van der Waals surface area (Å²) in [6.07, 6.45) is 1.19. The summed E-state index contributed by atoms with van der Waals surface area (Å²) >= 11 is 8.24. The average molecular weight is 393 g/mol. The molecule has 0 saturated carbocycles. The van der Waals surface area contributed by atoms with Crippen LogP contribution < -0.4 is 0 Å². The average Bonchev–Trinajstić information content (AvgIpc) is 2.52. The van der Waals surface area contributed by atoms with E-state index in [-0.39, 0.29) is 0 Å². The number of carbonyl (C=O) groups is 1. The smallest absolute Gasteiger partial charge is 0.419 e. The fourth-order valence-corrected chi connectivity index (χ4v) is 2.77. The normalized spacial score (nSPS) is 11.9. The predicted molar refractivity (Wildman–Crippen MR) is 83.8 cm³/mol. The Labute approximate surface area is 130 Å². The Morgan fingerprint density at radius 3 is 2.68 bits per heavy atom. The van der Waals surface area contributed by atoms with Crippen LogP contribution in [0.4, 0.5) is 4.79 Å². The largest absolute Gasteiger partial charge is 0.443 e. The van der Waals surface area contributed by atoms with Crippen LogP contribution >= 0.6 is 34.2 Å². The van der Waals surface area contributed by atoms with Crippen molar-refractivity contribution in [3.63, 3.8) is 0 Å². The molecule has 6 heteroatoms. The number of fused-ring (bicyclic) bond motifs is 1. The molecule has 0 unspecified atom stereocenters. The second-order valence-corrected chi connectivity index (χ2v) is 6.61. The number of ether oxygens (including phenoxy) is 1. The molecule has 0 fully saturated rings. The highest BCUT2D eigenvalue weighted by atomic mass is 127. The molecule has 0 saturated heterocycles. The zero-order valence-electron chi connectivity index (χ0n) is 11.1. The molecule has 0 aromatic carbocycles. The van der Waals surface area contributed by atoms with Crippen molar-refractivity contribution < 1.29 is 9.53 Å². The van der Waals surface area contributed by atoms with Crippen LogP contribution in [-0.4, -0.2) is 21.2 Å². The molecule has 19 heavy (non-hydrogen) atoms. The summed E-state index contributed by atoms with van der Waals surface area (Å²) < 4.78 is 7.68. The lowest BCUT2D eigenvalue weighted by atomic mass is 10.2. The Morgan fingerprint density at radius 1 is 1.47 bits per heavy atom. The highest BCUT2D eigenvalue weighted by Gasteiger charge is 2.24. The monoisotopic (exact) mass is 392 g/mol. The first-order valence-electron chi connectivity index (χ1n) is 5.76. The Hall–Kier alpha value is -0.820. The molecule has 2 aromatic rings. The molecule has 0 atom stereocenters. The van der Waals surface area contributed by atoms with Gasteiger partial charge in [-0.1, -0.05) is 11.6 Å². The molecule has 0 N–H and O–H groups in total. The van der Waals surface area contributed by atoms with E-state index >= 15 is 0 Å². The van der Waals surface area contributed by atoms with Crippen LogP contribution in [-0.2, 0) is 4.74 Å². The minimum atomic E-state index is -0.556. The van der Waals surface area contributed by atoms with Crippen LogP contribution in [0.15, 0.2) is 12.3 Å². The van der Waals surface area contributed by atoms with Crippen molar-refractivity contribution in [1.82, 2.24) is 9.55 Å². The van der Waals surface area contributed by atoms with Crippen LogP contribution in [0.2, 0.25) is 5.15 Å². The first-order chi connectivity index (χ1) is 8.72. The highest BCUT2D eigenvalue weighted by Crippen LogP contribution is 2.31. The van der Waals surface area contributed by atoms with Gasteiger partial charge in [-0.2, -0.15) is 0 Å². The quantitative estimate of drug-likeness (QED) is 0.493. The Bertz CT molecular complexity index is 659. The number of carbonyl (C=O) groups excluding carboxylic acids is 1. The van der Waals surface area contributed by atoms with Crippen molar-refractivity contribution in [1.29, 1.82) is 0 Å². The van der Waals surface area contributed by atoms with E-state index in [1.54, 1.807) is 6.20 Å². The summed E-state index contributed by atoms with van der Waals surface area (Å²) in [5.41, 5.74) is 1.03. The summed E-state index contributed by atoms with van der Waals surface area (Å²) in [6.45, 7) is 7.43. The first kappa shape index (κ1) is 14.6. The van der Waals surface area contributed by atoms with E-state index in [1.807, 2.05) is 33.8 Å². The fraction of sp³-hybridized carbons (Fsp3) is 0.385. The van der Waals surface area contributed by atoms with Crippen LogP contribution in [0, 0.1) is 10.6 Å². The maximum atomic E-state index is 12.3. The second-order valence-electron chi connectivity index (χ2n) is 5.23. The molecule has 0 aliphatic heterocycles. The second kappa shape index (κ2) is 4.94. The number of hydrogen-bond acceptors (Lipinski definition) is 3. The van der Waals surface area contributed by atoms with Gasteiger partial charge in [-0.05, 0) is 61.9 Å². The third-order valence-electron chi connectivity index (χ3n) is 2.59. The Kier molecular flexibility index (Phi) is 3.79. The van der Waals surface area contributed by atoms with Gasteiger partial charge >= 0.3 is 6.09 Å². The lowest BCUT2D eigenvalue weighted by Crippen LogP contribution is -2.27. The summed E-state index contributed by atoms with van der Waals surface area (Å²) in [5, 5.41) is 1.21. The molecule has 2 aromatic heterocycles. The van der Waals surface area contributed by atoms with Crippen molar-refractivity contribution in [2.75, 3.05) is 0 Å². The van der Waals surface area contributed by atoms with Gasteiger partial charge in [0, 0.05) is 11.6 Å². The molecule has 102 valence electrons. The molecule has 0 amide bonds. The fourth-order valence-electron chi connectivity index (χ4n) is 1.80. The van der Waals surface area contributed by atoms with Gasteiger partial charge in [0.25, 0.3) is 0 Å². The predicted octanol–water partition coefficient (Wildman–Crippen LogP) is 4.39. The van der Waals surface area contributed by atoms with Crippen LogP contribution in [0.3, 0.4) is 0 Å². The number of aryl methyl sites for hydroxylation is 1. The first-order valence-corrected chi connectivity index (χ1v) is 7.22.